The molecule has 0 aromatic carbocycles. The summed E-state index contributed by atoms with van der Waals surface area (Å²) in [5.74, 6) is 0.713. The van der Waals surface area contributed by atoms with Crippen LogP contribution in [0.5, 0.6) is 5.88 Å². The fourth-order valence-corrected chi connectivity index (χ4v) is 3.98. The predicted molar refractivity (Wildman–Crippen MR) is 115 cm³/mol. The molecule has 3 aromatic rings. The summed E-state index contributed by atoms with van der Waals surface area (Å²) in [6.45, 7) is 6.43. The highest BCUT2D eigenvalue weighted by Crippen LogP contribution is 2.40. The Morgan fingerprint density at radius 3 is 2.87 bits per heavy atom. The second kappa shape index (κ2) is 7.33. The van der Waals surface area contributed by atoms with Crippen molar-refractivity contribution >= 4 is 16.9 Å². The molecule has 0 unspecified atom stereocenters. The molecule has 1 saturated carbocycles. The number of fused-ring (bicyclic) bond motifs is 1. The van der Waals surface area contributed by atoms with Crippen LogP contribution in [-0.2, 0) is 10.3 Å². The van der Waals surface area contributed by atoms with E-state index in [1.807, 2.05) is 39.4 Å². The van der Waals surface area contributed by atoms with Crippen LogP contribution < -0.4 is 10.1 Å². The zero-order chi connectivity index (χ0) is 21.8. The highest BCUT2D eigenvalue weighted by atomic mass is 16.5. The maximum absolute atomic E-state index is 11.7. The van der Waals surface area contributed by atoms with Crippen molar-refractivity contribution in [3.8, 4) is 17.1 Å². The van der Waals surface area contributed by atoms with E-state index < -0.39 is 5.54 Å². The van der Waals surface area contributed by atoms with Crippen molar-refractivity contribution in [1.29, 1.82) is 0 Å². The van der Waals surface area contributed by atoms with E-state index >= 15 is 0 Å². The van der Waals surface area contributed by atoms with Gasteiger partial charge in [0.1, 0.15) is 11.6 Å². The molecule has 2 aliphatic rings. The van der Waals surface area contributed by atoms with Crippen LogP contribution in [0.4, 0.5) is 0 Å². The van der Waals surface area contributed by atoms with Gasteiger partial charge in [-0.15, -0.1) is 0 Å². The van der Waals surface area contributed by atoms with Crippen LogP contribution >= 0.6 is 0 Å². The molecule has 0 bridgehead atoms. The van der Waals surface area contributed by atoms with Crippen LogP contribution in [0.1, 0.15) is 46.1 Å². The molecule has 9 nitrogen and oxygen atoms in total. The molecule has 2 fully saturated rings. The Hall–Kier alpha value is -2.94. The van der Waals surface area contributed by atoms with Gasteiger partial charge in [-0.25, -0.2) is 9.97 Å². The third-order valence-electron chi connectivity index (χ3n) is 6.32. The first-order valence-corrected chi connectivity index (χ1v) is 10.8. The van der Waals surface area contributed by atoms with Crippen LogP contribution in [0.15, 0.2) is 24.8 Å². The molecule has 0 radical (unpaired) electrons. The van der Waals surface area contributed by atoms with Crippen molar-refractivity contribution in [1.82, 2.24) is 29.6 Å². The fraction of sp³-hybridized carbons (Fsp3) is 0.545. The molecule has 5 rings (SSSR count). The van der Waals surface area contributed by atoms with Crippen molar-refractivity contribution in [3.05, 3.63) is 24.8 Å². The maximum Gasteiger partial charge on any atom is 0.241 e. The van der Waals surface area contributed by atoms with E-state index in [1.165, 1.54) is 0 Å². The minimum Gasteiger partial charge on any atom is -0.473 e. The Balaban J connectivity index is 1.54. The highest BCUT2D eigenvalue weighted by molar-refractivity contribution is 5.84. The normalized spacial score (nSPS) is 20.3. The molecule has 1 saturated heterocycles. The first-order valence-electron chi connectivity index (χ1n) is 10.8. The van der Waals surface area contributed by atoms with Gasteiger partial charge in [-0.3, -0.25) is 9.48 Å². The lowest BCUT2D eigenvalue weighted by Crippen LogP contribution is -2.30. The van der Waals surface area contributed by atoms with E-state index in [4.69, 9.17) is 9.72 Å². The van der Waals surface area contributed by atoms with Crippen LogP contribution in [0.25, 0.3) is 22.3 Å². The number of carbonyl (C=O) groups is 1. The van der Waals surface area contributed by atoms with Gasteiger partial charge in [0, 0.05) is 36.7 Å². The van der Waals surface area contributed by atoms with Crippen LogP contribution in [-0.4, -0.2) is 54.6 Å². The topological polar surface area (TPSA) is 107 Å². The standard InChI is InChI=1S/C22H28N6O3/c1-13(14-6-19(30)23-8-14)31-21-20-18(24-12-27(20)16-4-5-16)7-17(26-21)15-9-25-28(10-15)22(2,3)11-29/h7,9-10,12-14,16,29H,4-6,8,11H2,1-3H3,(H,23,30)/t13-,14-/m1/s1. The summed E-state index contributed by atoms with van der Waals surface area (Å²) in [5.41, 5.74) is 2.77. The Bertz CT molecular complexity index is 1130. The monoisotopic (exact) mass is 424 g/mol. The second-order valence-electron chi connectivity index (χ2n) is 9.30. The van der Waals surface area contributed by atoms with Crippen molar-refractivity contribution in [2.24, 2.45) is 5.92 Å². The largest absolute Gasteiger partial charge is 0.473 e. The number of carbonyl (C=O) groups excluding carboxylic acids is 1. The van der Waals surface area contributed by atoms with Crippen LogP contribution in [0.3, 0.4) is 0 Å². The van der Waals surface area contributed by atoms with Gasteiger partial charge in [-0.1, -0.05) is 0 Å². The minimum atomic E-state index is -0.508. The summed E-state index contributed by atoms with van der Waals surface area (Å²) in [6, 6.07) is 2.40. The number of hydrogen-bond acceptors (Lipinski definition) is 6. The average molecular weight is 425 g/mol. The summed E-state index contributed by atoms with van der Waals surface area (Å²) in [6.07, 6.45) is 8.06. The molecule has 1 amide bonds. The number of ether oxygens (including phenoxy) is 1. The molecule has 31 heavy (non-hydrogen) atoms. The zero-order valence-electron chi connectivity index (χ0n) is 18.1. The quantitative estimate of drug-likeness (QED) is 0.603. The van der Waals surface area contributed by atoms with Gasteiger partial charge in [-0.2, -0.15) is 5.10 Å². The average Bonchev–Trinajstić information content (AvgIpc) is 3.15. The van der Waals surface area contributed by atoms with Crippen molar-refractivity contribution in [3.63, 3.8) is 0 Å². The third-order valence-corrected chi connectivity index (χ3v) is 6.32. The highest BCUT2D eigenvalue weighted by Gasteiger charge is 2.31. The summed E-state index contributed by atoms with van der Waals surface area (Å²) >= 11 is 0. The molecular formula is C22H28N6O3. The molecule has 2 N–H and O–H groups in total. The number of aliphatic hydroxyl groups is 1. The number of hydrogen-bond donors (Lipinski definition) is 2. The number of aliphatic hydroxyl groups excluding tert-OH is 1. The molecule has 2 atom stereocenters. The van der Waals surface area contributed by atoms with Gasteiger partial charge in [0.2, 0.25) is 11.8 Å². The van der Waals surface area contributed by atoms with Gasteiger partial charge in [0.15, 0.2) is 0 Å². The van der Waals surface area contributed by atoms with E-state index in [2.05, 4.69) is 20.0 Å². The molecule has 3 aromatic heterocycles. The first kappa shape index (κ1) is 20.0. The zero-order valence-corrected chi connectivity index (χ0v) is 18.1. The van der Waals surface area contributed by atoms with E-state index in [0.717, 1.165) is 35.1 Å². The van der Waals surface area contributed by atoms with E-state index in [-0.39, 0.29) is 24.5 Å². The molecular weight excluding hydrogens is 396 g/mol. The smallest absolute Gasteiger partial charge is 0.241 e. The summed E-state index contributed by atoms with van der Waals surface area (Å²) in [4.78, 5) is 21.1. The number of rotatable bonds is 7. The van der Waals surface area contributed by atoms with Crippen molar-refractivity contribution in [2.45, 2.75) is 57.7 Å². The summed E-state index contributed by atoms with van der Waals surface area (Å²) in [7, 11) is 0. The number of pyridine rings is 1. The second-order valence-corrected chi connectivity index (χ2v) is 9.30. The molecule has 4 heterocycles. The summed E-state index contributed by atoms with van der Waals surface area (Å²) < 4.78 is 10.3. The number of nitrogens with one attached hydrogen (secondary N) is 1. The van der Waals surface area contributed by atoms with Gasteiger partial charge in [0.05, 0.1) is 35.9 Å². The predicted octanol–water partition coefficient (Wildman–Crippen LogP) is 2.26. The van der Waals surface area contributed by atoms with Crippen molar-refractivity contribution in [2.75, 3.05) is 13.2 Å². The fourth-order valence-electron chi connectivity index (χ4n) is 3.98. The third kappa shape index (κ3) is 3.67. The summed E-state index contributed by atoms with van der Waals surface area (Å²) in [5, 5.41) is 17.0. The van der Waals surface area contributed by atoms with E-state index in [1.54, 1.807) is 10.9 Å². The van der Waals surface area contributed by atoms with Gasteiger partial charge in [-0.05, 0) is 39.7 Å². The number of imidazole rings is 1. The number of nitrogens with zero attached hydrogens (tertiary/aromatic N) is 5. The van der Waals surface area contributed by atoms with E-state index in [0.29, 0.717) is 24.9 Å². The Kier molecular flexibility index (Phi) is 4.73. The van der Waals surface area contributed by atoms with Crippen molar-refractivity contribution < 1.29 is 14.6 Å². The van der Waals surface area contributed by atoms with Gasteiger partial charge >= 0.3 is 0 Å². The lowest BCUT2D eigenvalue weighted by atomic mass is 10.0. The Morgan fingerprint density at radius 2 is 2.19 bits per heavy atom. The Morgan fingerprint density at radius 1 is 1.39 bits per heavy atom. The number of aromatic nitrogens is 5. The lowest BCUT2D eigenvalue weighted by molar-refractivity contribution is -0.119. The van der Waals surface area contributed by atoms with Gasteiger partial charge < -0.3 is 19.7 Å². The molecule has 1 aliphatic carbocycles. The SMILES string of the molecule is C[C@@H](Oc1nc(-c2cnn(C(C)(C)CO)c2)cc2ncn(C3CC3)c12)[C@H]1CNC(=O)C1. The minimum absolute atomic E-state index is 0.0214. The molecule has 1 aliphatic heterocycles. The number of amides is 1. The molecule has 9 heteroatoms. The van der Waals surface area contributed by atoms with Gasteiger partial charge in [0.25, 0.3) is 0 Å². The van der Waals surface area contributed by atoms with E-state index in [9.17, 15) is 9.90 Å². The maximum atomic E-state index is 11.7. The Labute approximate surface area is 180 Å². The van der Waals surface area contributed by atoms with Crippen LogP contribution in [0, 0.1) is 5.92 Å². The molecule has 0 spiro atoms. The molecule has 164 valence electrons. The lowest BCUT2D eigenvalue weighted by Gasteiger charge is -2.22. The van der Waals surface area contributed by atoms with Crippen LogP contribution in [0.2, 0.25) is 0 Å². The first-order chi connectivity index (χ1) is 14.9.